The summed E-state index contributed by atoms with van der Waals surface area (Å²) in [4.78, 5) is 15.3. The molecule has 0 bridgehead atoms. The number of hydrogen-bond donors (Lipinski definition) is 3. The van der Waals surface area contributed by atoms with Gasteiger partial charge in [-0.05, 0) is 6.92 Å². The molecule has 0 saturated carbocycles. The van der Waals surface area contributed by atoms with Gasteiger partial charge >= 0.3 is 0 Å². The molecule has 1 rings (SSSR count). The van der Waals surface area contributed by atoms with Gasteiger partial charge in [-0.2, -0.15) is 0 Å². The summed E-state index contributed by atoms with van der Waals surface area (Å²) in [6.45, 7) is 3.51. The normalized spacial score (nSPS) is 12.5. The Hall–Kier alpha value is -1.43. The van der Waals surface area contributed by atoms with Crippen molar-refractivity contribution in [3.05, 3.63) is 11.6 Å². The van der Waals surface area contributed by atoms with Gasteiger partial charge < -0.3 is 10.4 Å². The Morgan fingerprint density at radius 2 is 2.43 bits per heavy atom. The number of aromatic nitrogens is 3. The first kappa shape index (κ1) is 10.6. The molecule has 0 aliphatic rings. The van der Waals surface area contributed by atoms with Gasteiger partial charge in [-0.3, -0.25) is 9.89 Å². The highest BCUT2D eigenvalue weighted by molar-refractivity contribution is 5.90. The second-order valence-corrected chi connectivity index (χ2v) is 3.02. The second kappa shape index (κ2) is 4.71. The van der Waals surface area contributed by atoms with E-state index in [0.717, 1.165) is 0 Å². The summed E-state index contributed by atoms with van der Waals surface area (Å²) in [7, 11) is 0. The van der Waals surface area contributed by atoms with Crippen molar-refractivity contribution >= 4 is 5.91 Å². The van der Waals surface area contributed by atoms with Gasteiger partial charge in [0.25, 0.3) is 5.91 Å². The molecule has 1 aromatic rings. The Morgan fingerprint density at radius 1 is 1.71 bits per heavy atom. The average Bonchev–Trinajstić information content (AvgIpc) is 2.65. The Balaban J connectivity index is 2.60. The standard InChI is InChI=1S/C8H14N4O2/c1-3-6-10-7(12-11-6)8(14)9-5(2)4-13/h5,13H,3-4H2,1-2H3,(H,9,14)(H,10,11,12)/t5-/m0/s1. The lowest BCUT2D eigenvalue weighted by Crippen LogP contribution is -2.35. The average molecular weight is 198 g/mol. The van der Waals surface area contributed by atoms with Crippen molar-refractivity contribution < 1.29 is 9.90 Å². The van der Waals surface area contributed by atoms with Gasteiger partial charge in [0.05, 0.1) is 6.61 Å². The van der Waals surface area contributed by atoms with E-state index in [9.17, 15) is 4.79 Å². The van der Waals surface area contributed by atoms with Crippen molar-refractivity contribution in [3.8, 4) is 0 Å². The minimum Gasteiger partial charge on any atom is -0.394 e. The lowest BCUT2D eigenvalue weighted by atomic mass is 10.3. The Morgan fingerprint density at radius 3 is 2.93 bits per heavy atom. The summed E-state index contributed by atoms with van der Waals surface area (Å²) >= 11 is 0. The van der Waals surface area contributed by atoms with Gasteiger partial charge in [-0.25, -0.2) is 4.98 Å². The number of nitrogens with zero attached hydrogens (tertiary/aromatic N) is 2. The molecule has 0 radical (unpaired) electrons. The van der Waals surface area contributed by atoms with Gasteiger partial charge in [-0.1, -0.05) is 6.92 Å². The van der Waals surface area contributed by atoms with E-state index in [0.29, 0.717) is 12.2 Å². The molecule has 6 nitrogen and oxygen atoms in total. The molecule has 0 aliphatic carbocycles. The number of aromatic amines is 1. The lowest BCUT2D eigenvalue weighted by molar-refractivity contribution is 0.0912. The van der Waals surface area contributed by atoms with E-state index < -0.39 is 0 Å². The zero-order valence-corrected chi connectivity index (χ0v) is 8.24. The van der Waals surface area contributed by atoms with Crippen LogP contribution < -0.4 is 5.32 Å². The van der Waals surface area contributed by atoms with Gasteiger partial charge in [0, 0.05) is 12.5 Å². The van der Waals surface area contributed by atoms with Crippen LogP contribution in [0.2, 0.25) is 0 Å². The zero-order valence-electron chi connectivity index (χ0n) is 8.24. The predicted octanol–water partition coefficient (Wildman–Crippen LogP) is -0.522. The smallest absolute Gasteiger partial charge is 0.291 e. The van der Waals surface area contributed by atoms with Gasteiger partial charge in [0.2, 0.25) is 5.82 Å². The highest BCUT2D eigenvalue weighted by Gasteiger charge is 2.13. The van der Waals surface area contributed by atoms with E-state index in [1.807, 2.05) is 6.92 Å². The van der Waals surface area contributed by atoms with Gasteiger partial charge in [0.1, 0.15) is 5.82 Å². The fourth-order valence-corrected chi connectivity index (χ4v) is 0.889. The van der Waals surface area contributed by atoms with E-state index in [-0.39, 0.29) is 24.4 Å². The molecule has 0 aromatic carbocycles. The van der Waals surface area contributed by atoms with Crippen LogP contribution in [-0.2, 0) is 6.42 Å². The summed E-state index contributed by atoms with van der Waals surface area (Å²) in [5.74, 6) is 0.413. The molecule has 0 saturated heterocycles. The van der Waals surface area contributed by atoms with Crippen LogP contribution in [0.4, 0.5) is 0 Å². The topological polar surface area (TPSA) is 90.9 Å². The molecule has 1 aromatic heterocycles. The maximum atomic E-state index is 11.4. The molecule has 78 valence electrons. The molecule has 1 amide bonds. The van der Waals surface area contributed by atoms with Crippen molar-refractivity contribution in [3.63, 3.8) is 0 Å². The molecule has 0 spiro atoms. The molecule has 0 unspecified atom stereocenters. The summed E-state index contributed by atoms with van der Waals surface area (Å²) in [6.07, 6.45) is 0.704. The highest BCUT2D eigenvalue weighted by atomic mass is 16.3. The van der Waals surface area contributed by atoms with Crippen molar-refractivity contribution in [1.29, 1.82) is 0 Å². The van der Waals surface area contributed by atoms with Crippen LogP contribution >= 0.6 is 0 Å². The monoisotopic (exact) mass is 198 g/mol. The molecular formula is C8H14N4O2. The van der Waals surface area contributed by atoms with Crippen LogP contribution in [0.3, 0.4) is 0 Å². The minimum atomic E-state index is -0.373. The summed E-state index contributed by atoms with van der Waals surface area (Å²) in [5.41, 5.74) is 0. The van der Waals surface area contributed by atoms with E-state index in [2.05, 4.69) is 20.5 Å². The largest absolute Gasteiger partial charge is 0.394 e. The number of carbonyl (C=O) groups excluding carboxylic acids is 1. The fraction of sp³-hybridized carbons (Fsp3) is 0.625. The first-order chi connectivity index (χ1) is 6.67. The van der Waals surface area contributed by atoms with E-state index in [1.165, 1.54) is 0 Å². The highest BCUT2D eigenvalue weighted by Crippen LogP contribution is 1.94. The number of nitrogens with one attached hydrogen (secondary N) is 2. The van der Waals surface area contributed by atoms with E-state index in [4.69, 9.17) is 5.11 Å². The molecule has 0 aliphatic heterocycles. The van der Waals surface area contributed by atoms with Gasteiger partial charge in [-0.15, -0.1) is 5.10 Å². The van der Waals surface area contributed by atoms with Crippen molar-refractivity contribution in [2.45, 2.75) is 26.3 Å². The molecule has 1 heterocycles. The Kier molecular flexibility index (Phi) is 3.58. The van der Waals surface area contributed by atoms with Crippen LogP contribution in [0.1, 0.15) is 30.3 Å². The SMILES string of the molecule is CCc1nc(C(=O)N[C@@H](C)CO)n[nH]1. The van der Waals surface area contributed by atoms with Crippen molar-refractivity contribution in [2.75, 3.05) is 6.61 Å². The molecule has 1 atom stereocenters. The Labute approximate surface area is 81.7 Å². The first-order valence-corrected chi connectivity index (χ1v) is 4.50. The first-order valence-electron chi connectivity index (χ1n) is 4.50. The maximum Gasteiger partial charge on any atom is 0.291 e. The summed E-state index contributed by atoms with van der Waals surface area (Å²) in [5, 5.41) is 17.7. The zero-order chi connectivity index (χ0) is 10.6. The molecule has 0 fully saturated rings. The van der Waals surface area contributed by atoms with E-state index in [1.54, 1.807) is 6.92 Å². The van der Waals surface area contributed by atoms with Crippen molar-refractivity contribution in [1.82, 2.24) is 20.5 Å². The van der Waals surface area contributed by atoms with Crippen molar-refractivity contribution in [2.24, 2.45) is 0 Å². The summed E-state index contributed by atoms with van der Waals surface area (Å²) < 4.78 is 0. The number of aliphatic hydroxyl groups excluding tert-OH is 1. The molecule has 3 N–H and O–H groups in total. The third-order valence-electron chi connectivity index (χ3n) is 1.72. The van der Waals surface area contributed by atoms with Crippen LogP contribution in [0.15, 0.2) is 0 Å². The fourth-order valence-electron chi connectivity index (χ4n) is 0.889. The maximum absolute atomic E-state index is 11.4. The number of amides is 1. The molecule has 14 heavy (non-hydrogen) atoms. The molecular weight excluding hydrogens is 184 g/mol. The van der Waals surface area contributed by atoms with Crippen LogP contribution in [0, 0.1) is 0 Å². The van der Waals surface area contributed by atoms with Crippen LogP contribution in [0.5, 0.6) is 0 Å². The minimum absolute atomic E-state index is 0.100. The third kappa shape index (κ3) is 2.53. The number of rotatable bonds is 4. The second-order valence-electron chi connectivity index (χ2n) is 3.02. The number of hydrogen-bond acceptors (Lipinski definition) is 4. The summed E-state index contributed by atoms with van der Waals surface area (Å²) in [6, 6.07) is -0.286. The molecule has 6 heteroatoms. The van der Waals surface area contributed by atoms with Crippen LogP contribution in [0.25, 0.3) is 0 Å². The number of aryl methyl sites for hydroxylation is 1. The van der Waals surface area contributed by atoms with Crippen LogP contribution in [-0.4, -0.2) is 38.8 Å². The van der Waals surface area contributed by atoms with Gasteiger partial charge in [0.15, 0.2) is 0 Å². The third-order valence-corrected chi connectivity index (χ3v) is 1.72. The number of aliphatic hydroxyl groups is 1. The predicted molar refractivity (Wildman–Crippen MR) is 49.8 cm³/mol. The van der Waals surface area contributed by atoms with E-state index >= 15 is 0 Å². The lowest BCUT2D eigenvalue weighted by Gasteiger charge is -2.07. The number of H-pyrrole nitrogens is 1. The number of carbonyl (C=O) groups is 1. The quantitative estimate of drug-likeness (QED) is 0.607. The Bertz CT molecular complexity index is 310.